The summed E-state index contributed by atoms with van der Waals surface area (Å²) in [6.07, 6.45) is 0.355. The molecule has 26 heavy (non-hydrogen) atoms. The van der Waals surface area contributed by atoms with Crippen molar-refractivity contribution in [1.82, 2.24) is 10.2 Å². The zero-order valence-corrected chi connectivity index (χ0v) is 15.8. The summed E-state index contributed by atoms with van der Waals surface area (Å²) in [6.45, 7) is 6.92. The maximum absolute atomic E-state index is 13.0. The van der Waals surface area contributed by atoms with Crippen LogP contribution in [0.3, 0.4) is 0 Å². The number of benzene rings is 2. The van der Waals surface area contributed by atoms with Gasteiger partial charge in [-0.1, -0.05) is 81.4 Å². The highest BCUT2D eigenvalue weighted by atomic mass is 16.2. The summed E-state index contributed by atoms with van der Waals surface area (Å²) in [4.78, 5) is 27.4. The second-order valence-electron chi connectivity index (χ2n) is 6.81. The first-order valence-corrected chi connectivity index (χ1v) is 9.19. The maximum atomic E-state index is 13.0. The average molecular weight is 352 g/mol. The van der Waals surface area contributed by atoms with Crippen LogP contribution in [0.1, 0.15) is 44.4 Å². The quantitative estimate of drug-likeness (QED) is 0.782. The van der Waals surface area contributed by atoms with E-state index in [0.29, 0.717) is 25.4 Å². The van der Waals surface area contributed by atoms with E-state index in [4.69, 9.17) is 0 Å². The summed E-state index contributed by atoms with van der Waals surface area (Å²) in [7, 11) is 0. The van der Waals surface area contributed by atoms with Crippen LogP contribution in [-0.4, -0.2) is 23.3 Å². The molecule has 0 heterocycles. The minimum Gasteiger partial charge on any atom is -0.354 e. The molecule has 0 saturated heterocycles. The first-order valence-electron chi connectivity index (χ1n) is 9.19. The Morgan fingerprint density at radius 1 is 0.962 bits per heavy atom. The fourth-order valence-electron chi connectivity index (χ4n) is 2.82. The van der Waals surface area contributed by atoms with Crippen LogP contribution < -0.4 is 5.32 Å². The van der Waals surface area contributed by atoms with Crippen LogP contribution in [0.15, 0.2) is 60.7 Å². The van der Waals surface area contributed by atoms with Gasteiger partial charge in [0.15, 0.2) is 0 Å². The highest BCUT2D eigenvalue weighted by molar-refractivity contribution is 5.88. The molecule has 138 valence electrons. The van der Waals surface area contributed by atoms with Crippen molar-refractivity contribution < 1.29 is 9.59 Å². The molecule has 0 unspecified atom stereocenters. The summed E-state index contributed by atoms with van der Waals surface area (Å²) in [5, 5.41) is 2.99. The van der Waals surface area contributed by atoms with E-state index < -0.39 is 6.04 Å². The lowest BCUT2D eigenvalue weighted by Gasteiger charge is -2.31. The summed E-state index contributed by atoms with van der Waals surface area (Å²) in [6, 6.07) is 18.7. The fourth-order valence-corrected chi connectivity index (χ4v) is 2.82. The predicted molar refractivity (Wildman–Crippen MR) is 104 cm³/mol. The summed E-state index contributed by atoms with van der Waals surface area (Å²) < 4.78 is 0. The first kappa shape index (κ1) is 19.7. The number of nitrogens with zero attached hydrogens (tertiary/aromatic N) is 1. The lowest BCUT2D eigenvalue weighted by Crippen LogP contribution is -2.44. The van der Waals surface area contributed by atoms with Crippen molar-refractivity contribution in [3.05, 3.63) is 71.8 Å². The molecular formula is C22H28N2O2. The number of rotatable bonds is 8. The van der Waals surface area contributed by atoms with Gasteiger partial charge < -0.3 is 10.2 Å². The molecule has 1 atom stereocenters. The Kier molecular flexibility index (Phi) is 7.39. The Labute approximate surface area is 156 Å². The Morgan fingerprint density at radius 2 is 1.54 bits per heavy atom. The lowest BCUT2D eigenvalue weighted by atomic mass is 10.0. The SMILES string of the molecule is CCC(=O)N(Cc1ccccc1)[C@@H](C(=O)NCC(C)C)c1ccccc1. The van der Waals surface area contributed by atoms with Crippen molar-refractivity contribution in [1.29, 1.82) is 0 Å². The largest absolute Gasteiger partial charge is 0.354 e. The molecule has 0 aliphatic heterocycles. The summed E-state index contributed by atoms with van der Waals surface area (Å²) in [5.41, 5.74) is 1.83. The van der Waals surface area contributed by atoms with Gasteiger partial charge in [-0.25, -0.2) is 0 Å². The van der Waals surface area contributed by atoms with Gasteiger partial charge in [-0.2, -0.15) is 0 Å². The van der Waals surface area contributed by atoms with Gasteiger partial charge in [0.1, 0.15) is 6.04 Å². The third kappa shape index (κ3) is 5.45. The Hall–Kier alpha value is -2.62. The van der Waals surface area contributed by atoms with Gasteiger partial charge in [-0.05, 0) is 17.0 Å². The second-order valence-corrected chi connectivity index (χ2v) is 6.81. The van der Waals surface area contributed by atoms with Crippen LogP contribution in [0.25, 0.3) is 0 Å². The molecule has 0 aliphatic rings. The van der Waals surface area contributed by atoms with Gasteiger partial charge in [-0.15, -0.1) is 0 Å². The molecule has 0 aromatic heterocycles. The number of carbonyl (C=O) groups is 2. The Morgan fingerprint density at radius 3 is 2.08 bits per heavy atom. The van der Waals surface area contributed by atoms with Crippen molar-refractivity contribution in [2.24, 2.45) is 5.92 Å². The molecule has 2 amide bonds. The molecule has 0 bridgehead atoms. The van der Waals surface area contributed by atoms with Crippen LogP contribution >= 0.6 is 0 Å². The van der Waals surface area contributed by atoms with E-state index in [2.05, 4.69) is 19.2 Å². The predicted octanol–water partition coefficient (Wildman–Crippen LogP) is 3.94. The Balaban J connectivity index is 2.37. The number of amides is 2. The average Bonchev–Trinajstić information content (AvgIpc) is 2.67. The Bertz CT molecular complexity index is 699. The molecule has 4 nitrogen and oxygen atoms in total. The van der Waals surface area contributed by atoms with E-state index in [0.717, 1.165) is 11.1 Å². The van der Waals surface area contributed by atoms with E-state index in [9.17, 15) is 9.59 Å². The standard InChI is InChI=1S/C22H28N2O2/c1-4-20(25)24(16-18-11-7-5-8-12-18)21(19-13-9-6-10-14-19)22(26)23-15-17(2)3/h5-14,17,21H,4,15-16H2,1-3H3,(H,23,26)/t21-/m1/s1. The highest BCUT2D eigenvalue weighted by Crippen LogP contribution is 2.24. The highest BCUT2D eigenvalue weighted by Gasteiger charge is 2.30. The van der Waals surface area contributed by atoms with Crippen molar-refractivity contribution in [3.8, 4) is 0 Å². The number of carbonyl (C=O) groups excluding carboxylic acids is 2. The van der Waals surface area contributed by atoms with Gasteiger partial charge in [0, 0.05) is 19.5 Å². The molecule has 0 aliphatic carbocycles. The number of hydrogen-bond acceptors (Lipinski definition) is 2. The van der Waals surface area contributed by atoms with Crippen LogP contribution in [0.2, 0.25) is 0 Å². The van der Waals surface area contributed by atoms with E-state index in [-0.39, 0.29) is 11.8 Å². The van der Waals surface area contributed by atoms with Gasteiger partial charge in [-0.3, -0.25) is 9.59 Å². The molecule has 0 saturated carbocycles. The lowest BCUT2D eigenvalue weighted by molar-refractivity contribution is -0.141. The number of nitrogens with one attached hydrogen (secondary N) is 1. The normalized spacial score (nSPS) is 11.8. The number of hydrogen-bond donors (Lipinski definition) is 1. The molecule has 1 N–H and O–H groups in total. The van der Waals surface area contributed by atoms with Crippen LogP contribution in [0, 0.1) is 5.92 Å². The molecule has 0 radical (unpaired) electrons. The van der Waals surface area contributed by atoms with Crippen molar-refractivity contribution in [2.75, 3.05) is 6.54 Å². The van der Waals surface area contributed by atoms with Crippen molar-refractivity contribution in [2.45, 2.75) is 39.8 Å². The molecule has 0 spiro atoms. The third-order valence-electron chi connectivity index (χ3n) is 4.18. The smallest absolute Gasteiger partial charge is 0.247 e. The fraction of sp³-hybridized carbons (Fsp3) is 0.364. The van der Waals surface area contributed by atoms with E-state index in [1.807, 2.05) is 67.6 Å². The van der Waals surface area contributed by atoms with Crippen LogP contribution in [-0.2, 0) is 16.1 Å². The second kappa shape index (κ2) is 9.76. The summed E-state index contributed by atoms with van der Waals surface area (Å²) >= 11 is 0. The molecule has 2 aromatic rings. The van der Waals surface area contributed by atoms with Gasteiger partial charge in [0.25, 0.3) is 0 Å². The molecule has 2 rings (SSSR count). The zero-order valence-electron chi connectivity index (χ0n) is 15.8. The molecule has 2 aromatic carbocycles. The monoisotopic (exact) mass is 352 g/mol. The third-order valence-corrected chi connectivity index (χ3v) is 4.18. The molecular weight excluding hydrogens is 324 g/mol. The van der Waals surface area contributed by atoms with Gasteiger partial charge in [0.2, 0.25) is 11.8 Å². The van der Waals surface area contributed by atoms with E-state index in [1.165, 1.54) is 0 Å². The zero-order chi connectivity index (χ0) is 18.9. The van der Waals surface area contributed by atoms with Gasteiger partial charge in [0.05, 0.1) is 0 Å². The minimum absolute atomic E-state index is 0.0394. The van der Waals surface area contributed by atoms with Crippen LogP contribution in [0.4, 0.5) is 0 Å². The van der Waals surface area contributed by atoms with Crippen molar-refractivity contribution >= 4 is 11.8 Å². The molecule has 4 heteroatoms. The topological polar surface area (TPSA) is 49.4 Å². The van der Waals surface area contributed by atoms with Crippen molar-refractivity contribution in [3.63, 3.8) is 0 Å². The molecule has 0 fully saturated rings. The van der Waals surface area contributed by atoms with Gasteiger partial charge >= 0.3 is 0 Å². The summed E-state index contributed by atoms with van der Waals surface area (Å²) in [5.74, 6) is 0.171. The van der Waals surface area contributed by atoms with E-state index >= 15 is 0 Å². The first-order chi connectivity index (χ1) is 12.5. The minimum atomic E-state index is -0.636. The van der Waals surface area contributed by atoms with E-state index in [1.54, 1.807) is 4.90 Å². The van der Waals surface area contributed by atoms with Crippen LogP contribution in [0.5, 0.6) is 0 Å². The maximum Gasteiger partial charge on any atom is 0.247 e.